The molecule has 0 aliphatic rings. The average molecular weight is 213 g/mol. The van der Waals surface area contributed by atoms with E-state index < -0.39 is 6.10 Å². The summed E-state index contributed by atoms with van der Waals surface area (Å²) >= 11 is 6.02. The molecular weight excluding hydrogens is 196 g/mol. The molecule has 1 N–H and O–H groups in total. The van der Waals surface area contributed by atoms with Gasteiger partial charge >= 0.3 is 0 Å². The topological polar surface area (TPSA) is 20.2 Å². The molecule has 2 heteroatoms. The predicted molar refractivity (Wildman–Crippen MR) is 60.5 cm³/mol. The van der Waals surface area contributed by atoms with E-state index in [1.807, 2.05) is 38.1 Å². The lowest BCUT2D eigenvalue weighted by Crippen LogP contribution is -2.21. The molecule has 1 rings (SSSR count). The highest BCUT2D eigenvalue weighted by molar-refractivity contribution is 6.31. The molecule has 0 amide bonds. The number of benzene rings is 1. The summed E-state index contributed by atoms with van der Waals surface area (Å²) in [6, 6.07) is 7.46. The lowest BCUT2D eigenvalue weighted by atomic mass is 9.80. The van der Waals surface area contributed by atoms with Gasteiger partial charge in [-0.1, -0.05) is 50.6 Å². The Morgan fingerprint density at radius 2 is 1.93 bits per heavy atom. The molecule has 1 aromatic rings. The maximum Gasteiger partial charge on any atom is 0.0855 e. The number of halogens is 1. The van der Waals surface area contributed by atoms with Crippen molar-refractivity contribution in [3.63, 3.8) is 0 Å². The van der Waals surface area contributed by atoms with Crippen molar-refractivity contribution in [3.8, 4) is 0 Å². The van der Waals surface area contributed by atoms with Gasteiger partial charge in [0.15, 0.2) is 0 Å². The molecular formula is C12H17ClO. The van der Waals surface area contributed by atoms with E-state index >= 15 is 0 Å². The van der Waals surface area contributed by atoms with Gasteiger partial charge < -0.3 is 5.11 Å². The molecule has 0 heterocycles. The van der Waals surface area contributed by atoms with Crippen LogP contribution in [-0.2, 0) is 0 Å². The van der Waals surface area contributed by atoms with Crippen LogP contribution in [0.4, 0.5) is 0 Å². The minimum absolute atomic E-state index is 0.134. The first-order valence-electron chi connectivity index (χ1n) is 4.91. The van der Waals surface area contributed by atoms with Gasteiger partial charge in [-0.2, -0.15) is 0 Å². The van der Waals surface area contributed by atoms with Gasteiger partial charge in [0, 0.05) is 5.02 Å². The molecule has 0 radical (unpaired) electrons. The van der Waals surface area contributed by atoms with Crippen LogP contribution in [-0.4, -0.2) is 5.11 Å². The highest BCUT2D eigenvalue weighted by Gasteiger charge is 2.28. The molecule has 1 nitrogen and oxygen atoms in total. The third-order valence-electron chi connectivity index (χ3n) is 2.85. The van der Waals surface area contributed by atoms with Crippen LogP contribution < -0.4 is 0 Å². The standard InChI is InChI=1S/C12H17ClO/c1-4-12(2,3)11(14)9-7-5-6-8-10(9)13/h5-8,11,14H,4H2,1-3H3. The molecule has 1 unspecified atom stereocenters. The van der Waals surface area contributed by atoms with Crippen LogP contribution in [0.25, 0.3) is 0 Å². The van der Waals surface area contributed by atoms with Gasteiger partial charge in [-0.25, -0.2) is 0 Å². The second-order valence-electron chi connectivity index (χ2n) is 4.27. The molecule has 14 heavy (non-hydrogen) atoms. The molecule has 0 bridgehead atoms. The molecule has 0 fully saturated rings. The van der Waals surface area contributed by atoms with E-state index in [1.54, 1.807) is 0 Å². The number of aliphatic hydroxyl groups is 1. The van der Waals surface area contributed by atoms with Crippen molar-refractivity contribution in [1.29, 1.82) is 0 Å². The van der Waals surface area contributed by atoms with Crippen LogP contribution in [0, 0.1) is 5.41 Å². The summed E-state index contributed by atoms with van der Waals surface area (Å²) in [5.74, 6) is 0. The van der Waals surface area contributed by atoms with E-state index in [0.29, 0.717) is 5.02 Å². The second kappa shape index (κ2) is 4.33. The summed E-state index contributed by atoms with van der Waals surface area (Å²) in [4.78, 5) is 0. The van der Waals surface area contributed by atoms with Gasteiger partial charge in [-0.05, 0) is 23.5 Å². The zero-order chi connectivity index (χ0) is 10.8. The maximum atomic E-state index is 10.1. The second-order valence-corrected chi connectivity index (χ2v) is 4.67. The van der Waals surface area contributed by atoms with Crippen molar-refractivity contribution in [3.05, 3.63) is 34.9 Å². The Hall–Kier alpha value is -0.530. The van der Waals surface area contributed by atoms with Gasteiger partial charge in [0.2, 0.25) is 0 Å². The first-order valence-corrected chi connectivity index (χ1v) is 5.29. The first-order chi connectivity index (χ1) is 6.49. The largest absolute Gasteiger partial charge is 0.388 e. The van der Waals surface area contributed by atoms with Crippen LogP contribution in [0.2, 0.25) is 5.02 Å². The van der Waals surface area contributed by atoms with Crippen molar-refractivity contribution < 1.29 is 5.11 Å². The quantitative estimate of drug-likeness (QED) is 0.808. The minimum Gasteiger partial charge on any atom is -0.388 e. The smallest absolute Gasteiger partial charge is 0.0855 e. The maximum absolute atomic E-state index is 10.1. The number of rotatable bonds is 3. The SMILES string of the molecule is CCC(C)(C)C(O)c1ccccc1Cl. The number of hydrogen-bond donors (Lipinski definition) is 1. The third-order valence-corrected chi connectivity index (χ3v) is 3.20. The van der Waals surface area contributed by atoms with E-state index in [0.717, 1.165) is 12.0 Å². The van der Waals surface area contributed by atoms with Gasteiger partial charge in [0.1, 0.15) is 0 Å². The Labute approximate surface area is 90.7 Å². The highest BCUT2D eigenvalue weighted by atomic mass is 35.5. The van der Waals surface area contributed by atoms with Gasteiger partial charge in [0.05, 0.1) is 6.10 Å². The van der Waals surface area contributed by atoms with Crippen molar-refractivity contribution in [2.24, 2.45) is 5.41 Å². The van der Waals surface area contributed by atoms with Gasteiger partial charge in [-0.15, -0.1) is 0 Å². The van der Waals surface area contributed by atoms with Crippen LogP contribution in [0.15, 0.2) is 24.3 Å². The zero-order valence-electron chi connectivity index (χ0n) is 8.92. The summed E-state index contributed by atoms with van der Waals surface area (Å²) < 4.78 is 0. The van der Waals surface area contributed by atoms with Crippen molar-refractivity contribution in [2.45, 2.75) is 33.3 Å². The molecule has 0 spiro atoms. The molecule has 1 aromatic carbocycles. The summed E-state index contributed by atoms with van der Waals surface area (Å²) in [7, 11) is 0. The van der Waals surface area contributed by atoms with Crippen LogP contribution in [0.3, 0.4) is 0 Å². The Morgan fingerprint density at radius 1 is 1.36 bits per heavy atom. The molecule has 0 saturated carbocycles. The lowest BCUT2D eigenvalue weighted by Gasteiger charge is -2.30. The van der Waals surface area contributed by atoms with Crippen molar-refractivity contribution >= 4 is 11.6 Å². The monoisotopic (exact) mass is 212 g/mol. The van der Waals surface area contributed by atoms with Crippen molar-refractivity contribution in [2.75, 3.05) is 0 Å². The summed E-state index contributed by atoms with van der Waals surface area (Å²) in [5, 5.41) is 10.8. The molecule has 0 aromatic heterocycles. The molecule has 0 aliphatic heterocycles. The Kier molecular flexibility index (Phi) is 3.57. The molecule has 78 valence electrons. The van der Waals surface area contributed by atoms with Crippen LogP contribution in [0.1, 0.15) is 38.9 Å². The van der Waals surface area contributed by atoms with E-state index in [2.05, 4.69) is 6.92 Å². The molecule has 0 aliphatic carbocycles. The van der Waals surface area contributed by atoms with E-state index in [4.69, 9.17) is 11.6 Å². The third kappa shape index (κ3) is 2.28. The van der Waals surface area contributed by atoms with E-state index in [1.165, 1.54) is 0 Å². The predicted octanol–water partition coefficient (Wildman–Crippen LogP) is 3.81. The Bertz CT molecular complexity index is 307. The average Bonchev–Trinajstić information content (AvgIpc) is 2.17. The summed E-state index contributed by atoms with van der Waals surface area (Å²) in [6.45, 7) is 6.15. The summed E-state index contributed by atoms with van der Waals surface area (Å²) in [6.07, 6.45) is 0.417. The van der Waals surface area contributed by atoms with E-state index in [9.17, 15) is 5.11 Å². The van der Waals surface area contributed by atoms with Crippen LogP contribution in [0.5, 0.6) is 0 Å². The number of hydrogen-bond acceptors (Lipinski definition) is 1. The molecule has 0 saturated heterocycles. The fourth-order valence-corrected chi connectivity index (χ4v) is 1.55. The Balaban J connectivity index is 3.00. The first kappa shape index (κ1) is 11.5. The number of aliphatic hydroxyl groups excluding tert-OH is 1. The van der Waals surface area contributed by atoms with Crippen molar-refractivity contribution in [1.82, 2.24) is 0 Å². The normalized spacial score (nSPS) is 14.1. The lowest BCUT2D eigenvalue weighted by molar-refractivity contribution is 0.0466. The summed E-state index contributed by atoms with van der Waals surface area (Å²) in [5.41, 5.74) is 0.686. The fraction of sp³-hybridized carbons (Fsp3) is 0.500. The zero-order valence-corrected chi connectivity index (χ0v) is 9.67. The highest BCUT2D eigenvalue weighted by Crippen LogP contribution is 2.38. The van der Waals surface area contributed by atoms with E-state index in [-0.39, 0.29) is 5.41 Å². The Morgan fingerprint density at radius 3 is 2.43 bits per heavy atom. The van der Waals surface area contributed by atoms with Gasteiger partial charge in [0.25, 0.3) is 0 Å². The minimum atomic E-state index is -0.499. The van der Waals surface area contributed by atoms with Crippen LogP contribution >= 0.6 is 11.6 Å². The molecule has 1 atom stereocenters. The fourth-order valence-electron chi connectivity index (χ4n) is 1.31. The van der Waals surface area contributed by atoms with Gasteiger partial charge in [-0.3, -0.25) is 0 Å².